The topological polar surface area (TPSA) is 42.2 Å². The number of benzene rings is 1. The molecule has 3 aromatic rings. The molecule has 20 heavy (non-hydrogen) atoms. The molecule has 0 aliphatic carbocycles. The average Bonchev–Trinajstić information content (AvgIpc) is 3.03. The molecule has 0 fully saturated rings. The van der Waals surface area contributed by atoms with Crippen LogP contribution in [-0.2, 0) is 4.79 Å². The molecule has 4 heteroatoms. The van der Waals surface area contributed by atoms with E-state index in [-0.39, 0.29) is 0 Å². The van der Waals surface area contributed by atoms with E-state index in [0.29, 0.717) is 0 Å². The third-order valence-corrected chi connectivity index (χ3v) is 4.41. The lowest BCUT2D eigenvalue weighted by Gasteiger charge is -2.14. The monoisotopic (exact) mass is 285 g/mol. The quantitative estimate of drug-likeness (QED) is 0.778. The molecule has 3 rings (SSSR count). The second kappa shape index (κ2) is 4.80. The molecule has 1 N–H and O–H groups in total. The minimum absolute atomic E-state index is 0.590. The Labute approximate surface area is 121 Å². The molecule has 2 heterocycles. The van der Waals surface area contributed by atoms with Crippen LogP contribution < -0.4 is 0 Å². The summed E-state index contributed by atoms with van der Waals surface area (Å²) < 4.78 is 1.91. The van der Waals surface area contributed by atoms with Crippen LogP contribution in [0.5, 0.6) is 0 Å². The summed E-state index contributed by atoms with van der Waals surface area (Å²) in [4.78, 5) is 12.5. The molecule has 102 valence electrons. The highest BCUT2D eigenvalue weighted by molar-refractivity contribution is 7.13. The van der Waals surface area contributed by atoms with Gasteiger partial charge in [0.2, 0.25) is 0 Å². The van der Waals surface area contributed by atoms with Crippen LogP contribution in [0.1, 0.15) is 18.5 Å². The molecule has 0 radical (unpaired) electrons. The van der Waals surface area contributed by atoms with Gasteiger partial charge in [0, 0.05) is 10.9 Å². The van der Waals surface area contributed by atoms with E-state index in [0.717, 1.165) is 21.5 Å². The fourth-order valence-electron chi connectivity index (χ4n) is 2.50. The van der Waals surface area contributed by atoms with Crippen LogP contribution in [0.25, 0.3) is 21.5 Å². The first kappa shape index (κ1) is 12.9. The van der Waals surface area contributed by atoms with Gasteiger partial charge in [-0.05, 0) is 43.5 Å². The molecule has 0 saturated heterocycles. The predicted molar refractivity (Wildman–Crippen MR) is 82.3 cm³/mol. The van der Waals surface area contributed by atoms with Crippen LogP contribution in [0.2, 0.25) is 0 Å². The minimum Gasteiger partial charge on any atom is -0.480 e. The van der Waals surface area contributed by atoms with E-state index < -0.39 is 12.0 Å². The Bertz CT molecular complexity index is 771. The van der Waals surface area contributed by atoms with Gasteiger partial charge in [0.1, 0.15) is 6.04 Å². The van der Waals surface area contributed by atoms with Gasteiger partial charge in [-0.15, -0.1) is 11.3 Å². The summed E-state index contributed by atoms with van der Waals surface area (Å²) in [5.41, 5.74) is 3.11. The standard InChI is InChI=1S/C16H15NO2S/c1-10-5-6-13-12(8-10)9-14(15-4-3-7-20-15)17(13)11(2)16(18)19/h3-9,11H,1-2H3,(H,18,19). The number of carboxylic acids is 1. The van der Waals surface area contributed by atoms with Crippen molar-refractivity contribution in [1.29, 1.82) is 0 Å². The molecule has 1 unspecified atom stereocenters. The number of nitrogens with zero attached hydrogens (tertiary/aromatic N) is 1. The number of rotatable bonds is 3. The van der Waals surface area contributed by atoms with Crippen molar-refractivity contribution in [2.75, 3.05) is 0 Å². The van der Waals surface area contributed by atoms with E-state index in [2.05, 4.69) is 12.1 Å². The Balaban J connectivity index is 2.32. The van der Waals surface area contributed by atoms with Crippen molar-refractivity contribution < 1.29 is 9.90 Å². The Morgan fingerprint density at radius 2 is 2.10 bits per heavy atom. The average molecular weight is 285 g/mol. The van der Waals surface area contributed by atoms with Gasteiger partial charge in [0.25, 0.3) is 0 Å². The first-order chi connectivity index (χ1) is 9.58. The molecule has 1 aromatic carbocycles. The molecular weight excluding hydrogens is 270 g/mol. The van der Waals surface area contributed by atoms with Crippen LogP contribution in [0.15, 0.2) is 41.8 Å². The van der Waals surface area contributed by atoms with Crippen LogP contribution in [0.4, 0.5) is 0 Å². The highest BCUT2D eigenvalue weighted by Gasteiger charge is 2.20. The summed E-state index contributed by atoms with van der Waals surface area (Å²) in [5, 5.41) is 12.5. The number of carboxylic acid groups (broad SMARTS) is 1. The van der Waals surface area contributed by atoms with Crippen molar-refractivity contribution in [2.45, 2.75) is 19.9 Å². The van der Waals surface area contributed by atoms with Gasteiger partial charge >= 0.3 is 5.97 Å². The molecule has 0 amide bonds. The summed E-state index contributed by atoms with van der Waals surface area (Å²) >= 11 is 1.62. The van der Waals surface area contributed by atoms with E-state index >= 15 is 0 Å². The number of carbonyl (C=O) groups is 1. The number of hydrogen-bond donors (Lipinski definition) is 1. The van der Waals surface area contributed by atoms with Gasteiger partial charge in [0.05, 0.1) is 10.6 Å². The van der Waals surface area contributed by atoms with Crippen LogP contribution in [-0.4, -0.2) is 15.6 Å². The number of aromatic nitrogens is 1. The van der Waals surface area contributed by atoms with Gasteiger partial charge in [-0.3, -0.25) is 0 Å². The van der Waals surface area contributed by atoms with Crippen LogP contribution >= 0.6 is 11.3 Å². The first-order valence-electron chi connectivity index (χ1n) is 6.46. The Morgan fingerprint density at radius 3 is 2.75 bits per heavy atom. The van der Waals surface area contributed by atoms with Crippen molar-refractivity contribution in [3.8, 4) is 10.6 Å². The van der Waals surface area contributed by atoms with E-state index in [4.69, 9.17) is 0 Å². The van der Waals surface area contributed by atoms with Gasteiger partial charge in [-0.2, -0.15) is 0 Å². The summed E-state index contributed by atoms with van der Waals surface area (Å²) in [6.07, 6.45) is 0. The maximum Gasteiger partial charge on any atom is 0.326 e. The first-order valence-corrected chi connectivity index (χ1v) is 7.34. The number of aryl methyl sites for hydroxylation is 1. The summed E-state index contributed by atoms with van der Waals surface area (Å²) in [6.45, 7) is 3.76. The van der Waals surface area contributed by atoms with Crippen LogP contribution in [0.3, 0.4) is 0 Å². The second-order valence-corrected chi connectivity index (χ2v) is 5.90. The van der Waals surface area contributed by atoms with Gasteiger partial charge in [-0.1, -0.05) is 17.7 Å². The molecule has 0 spiro atoms. The normalized spacial score (nSPS) is 12.7. The lowest BCUT2D eigenvalue weighted by atomic mass is 10.2. The molecule has 2 aromatic heterocycles. The van der Waals surface area contributed by atoms with Gasteiger partial charge in [-0.25, -0.2) is 4.79 Å². The number of fused-ring (bicyclic) bond motifs is 1. The SMILES string of the molecule is Cc1ccc2c(c1)cc(-c1cccs1)n2C(C)C(=O)O. The Kier molecular flexibility index (Phi) is 3.10. The van der Waals surface area contributed by atoms with Crippen LogP contribution in [0, 0.1) is 6.92 Å². The molecular formula is C16H15NO2S. The fourth-order valence-corrected chi connectivity index (χ4v) is 3.24. The Morgan fingerprint density at radius 1 is 1.30 bits per heavy atom. The van der Waals surface area contributed by atoms with Gasteiger partial charge < -0.3 is 9.67 Å². The van der Waals surface area contributed by atoms with Crippen molar-refractivity contribution in [1.82, 2.24) is 4.57 Å². The lowest BCUT2D eigenvalue weighted by molar-refractivity contribution is -0.140. The Hall–Kier alpha value is -2.07. The van der Waals surface area contributed by atoms with Gasteiger partial charge in [0.15, 0.2) is 0 Å². The number of thiophene rings is 1. The van der Waals surface area contributed by atoms with Crippen molar-refractivity contribution in [3.63, 3.8) is 0 Å². The molecule has 0 bridgehead atoms. The highest BCUT2D eigenvalue weighted by Crippen LogP contribution is 2.34. The molecule has 0 aliphatic heterocycles. The maximum atomic E-state index is 11.4. The van der Waals surface area contributed by atoms with Crippen molar-refractivity contribution >= 4 is 28.2 Å². The molecule has 1 atom stereocenters. The summed E-state index contributed by atoms with van der Waals surface area (Å²) in [5.74, 6) is -0.819. The number of aliphatic carboxylic acids is 1. The third kappa shape index (κ3) is 2.02. The lowest BCUT2D eigenvalue weighted by Crippen LogP contribution is -2.16. The largest absolute Gasteiger partial charge is 0.480 e. The molecule has 3 nitrogen and oxygen atoms in total. The third-order valence-electron chi connectivity index (χ3n) is 3.51. The fraction of sp³-hybridized carbons (Fsp3) is 0.188. The van der Waals surface area contributed by atoms with E-state index in [1.165, 1.54) is 5.56 Å². The van der Waals surface area contributed by atoms with E-state index in [1.54, 1.807) is 18.3 Å². The van der Waals surface area contributed by atoms with E-state index in [9.17, 15) is 9.90 Å². The zero-order valence-corrected chi connectivity index (χ0v) is 12.1. The molecule has 0 aliphatic rings. The zero-order valence-electron chi connectivity index (χ0n) is 11.3. The summed E-state index contributed by atoms with van der Waals surface area (Å²) in [6, 6.07) is 11.6. The van der Waals surface area contributed by atoms with Crippen molar-refractivity contribution in [3.05, 3.63) is 47.3 Å². The highest BCUT2D eigenvalue weighted by atomic mass is 32.1. The molecule has 0 saturated carbocycles. The zero-order chi connectivity index (χ0) is 14.3. The van der Waals surface area contributed by atoms with E-state index in [1.807, 2.05) is 41.1 Å². The smallest absolute Gasteiger partial charge is 0.326 e. The maximum absolute atomic E-state index is 11.4. The second-order valence-electron chi connectivity index (χ2n) is 4.95. The van der Waals surface area contributed by atoms with Crippen molar-refractivity contribution in [2.24, 2.45) is 0 Å². The predicted octanol–water partition coefficient (Wildman–Crippen LogP) is 4.32. The minimum atomic E-state index is -0.819. The number of hydrogen-bond acceptors (Lipinski definition) is 2. The summed E-state index contributed by atoms with van der Waals surface area (Å²) in [7, 11) is 0.